The molecular weight excluding hydrogens is 402 g/mol. The molecular formula is C23H18ClN3OS. The number of aromatic nitrogens is 2. The monoisotopic (exact) mass is 419 g/mol. The Hall–Kier alpha value is -2.89. The quantitative estimate of drug-likeness (QED) is 0.341. The van der Waals surface area contributed by atoms with Gasteiger partial charge in [0.25, 0.3) is 0 Å². The highest BCUT2D eigenvalue weighted by Gasteiger charge is 2.17. The maximum atomic E-state index is 12.8. The number of rotatable bonds is 6. The van der Waals surface area contributed by atoms with Crippen molar-refractivity contribution in [2.24, 2.45) is 0 Å². The lowest BCUT2D eigenvalue weighted by Crippen LogP contribution is -2.30. The van der Waals surface area contributed by atoms with Crippen LogP contribution in [0.1, 0.15) is 17.2 Å². The van der Waals surface area contributed by atoms with Crippen LogP contribution in [0.5, 0.6) is 0 Å². The van der Waals surface area contributed by atoms with Crippen LogP contribution in [0.2, 0.25) is 5.02 Å². The molecule has 1 amide bonds. The third-order valence-corrected chi connectivity index (χ3v) is 5.75. The molecule has 0 saturated carbocycles. The van der Waals surface area contributed by atoms with E-state index in [1.54, 1.807) is 0 Å². The third kappa shape index (κ3) is 4.75. The van der Waals surface area contributed by atoms with Crippen LogP contribution in [-0.4, -0.2) is 21.6 Å². The number of carbonyl (C=O) groups is 1. The third-order valence-electron chi connectivity index (χ3n) is 4.49. The van der Waals surface area contributed by atoms with E-state index in [9.17, 15) is 4.79 Å². The first-order valence-electron chi connectivity index (χ1n) is 9.13. The average Bonchev–Trinajstić information content (AvgIpc) is 2.77. The fourth-order valence-electron chi connectivity index (χ4n) is 3.09. The lowest BCUT2D eigenvalue weighted by molar-refractivity contribution is -0.119. The Morgan fingerprint density at radius 1 is 0.897 bits per heavy atom. The maximum Gasteiger partial charge on any atom is 0.231 e. The molecule has 0 bridgehead atoms. The van der Waals surface area contributed by atoms with Crippen molar-refractivity contribution >= 4 is 40.2 Å². The van der Waals surface area contributed by atoms with Gasteiger partial charge in [0.15, 0.2) is 0 Å². The molecule has 6 heteroatoms. The van der Waals surface area contributed by atoms with Gasteiger partial charge in [-0.15, -0.1) is 0 Å². The Morgan fingerprint density at radius 3 is 2.38 bits per heavy atom. The smallest absolute Gasteiger partial charge is 0.231 e. The molecule has 4 rings (SSSR count). The molecule has 0 radical (unpaired) electrons. The molecule has 4 aromatic rings. The second-order valence-corrected chi connectivity index (χ2v) is 7.85. The molecule has 1 atom stereocenters. The number of halogens is 1. The van der Waals surface area contributed by atoms with Crippen LogP contribution in [0.15, 0.2) is 90.2 Å². The highest BCUT2D eigenvalue weighted by atomic mass is 35.5. The first-order valence-corrected chi connectivity index (χ1v) is 10.5. The summed E-state index contributed by atoms with van der Waals surface area (Å²) in [4.78, 5) is 21.4. The summed E-state index contributed by atoms with van der Waals surface area (Å²) in [6.07, 6.45) is 1.53. The molecule has 0 fully saturated rings. The predicted octanol–water partition coefficient (Wildman–Crippen LogP) is 5.28. The Labute approximate surface area is 178 Å². The predicted molar refractivity (Wildman–Crippen MR) is 118 cm³/mol. The van der Waals surface area contributed by atoms with Gasteiger partial charge in [0.05, 0.1) is 17.3 Å². The first-order chi connectivity index (χ1) is 14.2. The van der Waals surface area contributed by atoms with Crippen LogP contribution in [0.4, 0.5) is 0 Å². The van der Waals surface area contributed by atoms with E-state index < -0.39 is 0 Å². The Balaban J connectivity index is 1.51. The molecule has 0 spiro atoms. The number of hydrogen-bond acceptors (Lipinski definition) is 4. The standard InChI is InChI=1S/C23H18ClN3OS/c24-18-12-10-17(11-13-18)22(16-6-2-1-3-7-16)27-21(28)14-29-23-19-8-4-5-9-20(19)25-15-26-23/h1-13,15,22H,14H2,(H,27,28)/t22-/m1/s1. The number of fused-ring (bicyclic) bond motifs is 1. The SMILES string of the molecule is O=C(CSc1ncnc2ccccc12)N[C@H](c1ccccc1)c1ccc(Cl)cc1. The van der Waals surface area contributed by atoms with E-state index in [-0.39, 0.29) is 17.7 Å². The van der Waals surface area contributed by atoms with Gasteiger partial charge >= 0.3 is 0 Å². The summed E-state index contributed by atoms with van der Waals surface area (Å²) in [5.41, 5.74) is 2.86. The second-order valence-electron chi connectivity index (χ2n) is 6.45. The molecule has 0 unspecified atom stereocenters. The van der Waals surface area contributed by atoms with Crippen molar-refractivity contribution in [3.05, 3.63) is 101 Å². The first kappa shape index (κ1) is 19.4. The van der Waals surface area contributed by atoms with E-state index in [0.717, 1.165) is 27.1 Å². The fraction of sp³-hybridized carbons (Fsp3) is 0.0870. The van der Waals surface area contributed by atoms with Crippen LogP contribution < -0.4 is 5.32 Å². The molecule has 3 aromatic carbocycles. The number of amides is 1. The van der Waals surface area contributed by atoms with E-state index in [1.807, 2.05) is 78.9 Å². The van der Waals surface area contributed by atoms with Crippen molar-refractivity contribution in [2.45, 2.75) is 11.1 Å². The van der Waals surface area contributed by atoms with Gasteiger partial charge in [-0.25, -0.2) is 9.97 Å². The number of benzene rings is 3. The molecule has 0 aliphatic heterocycles. The van der Waals surface area contributed by atoms with Crippen molar-refractivity contribution in [1.29, 1.82) is 0 Å². The molecule has 144 valence electrons. The highest BCUT2D eigenvalue weighted by Crippen LogP contribution is 2.26. The number of thioether (sulfide) groups is 1. The minimum atomic E-state index is -0.247. The normalized spacial score (nSPS) is 11.9. The zero-order valence-electron chi connectivity index (χ0n) is 15.5. The average molecular weight is 420 g/mol. The molecule has 1 N–H and O–H groups in total. The fourth-order valence-corrected chi connectivity index (χ4v) is 4.02. The molecule has 0 aliphatic carbocycles. The van der Waals surface area contributed by atoms with Gasteiger partial charge in [0.2, 0.25) is 5.91 Å². The Kier molecular flexibility index (Phi) is 6.08. The van der Waals surface area contributed by atoms with E-state index in [0.29, 0.717) is 5.02 Å². The number of hydrogen-bond donors (Lipinski definition) is 1. The van der Waals surface area contributed by atoms with E-state index >= 15 is 0 Å². The van der Waals surface area contributed by atoms with Crippen LogP contribution in [0.3, 0.4) is 0 Å². The summed E-state index contributed by atoms with van der Waals surface area (Å²) in [6, 6.07) is 25.0. The summed E-state index contributed by atoms with van der Waals surface area (Å²) in [6.45, 7) is 0. The Morgan fingerprint density at radius 2 is 1.59 bits per heavy atom. The number of carbonyl (C=O) groups excluding carboxylic acids is 1. The number of para-hydroxylation sites is 1. The van der Waals surface area contributed by atoms with Crippen molar-refractivity contribution < 1.29 is 4.79 Å². The number of nitrogens with zero attached hydrogens (tertiary/aromatic N) is 2. The minimum Gasteiger partial charge on any atom is -0.344 e. The van der Waals surface area contributed by atoms with Crippen molar-refractivity contribution in [3.63, 3.8) is 0 Å². The van der Waals surface area contributed by atoms with Gasteiger partial charge in [-0.05, 0) is 29.3 Å². The molecule has 29 heavy (non-hydrogen) atoms. The van der Waals surface area contributed by atoms with Crippen molar-refractivity contribution in [1.82, 2.24) is 15.3 Å². The topological polar surface area (TPSA) is 54.9 Å². The van der Waals surface area contributed by atoms with Crippen LogP contribution in [0, 0.1) is 0 Å². The maximum absolute atomic E-state index is 12.8. The van der Waals surface area contributed by atoms with Gasteiger partial charge < -0.3 is 5.32 Å². The zero-order valence-corrected chi connectivity index (χ0v) is 17.0. The summed E-state index contributed by atoms with van der Waals surface area (Å²) >= 11 is 7.44. The van der Waals surface area contributed by atoms with E-state index in [4.69, 9.17) is 11.6 Å². The highest BCUT2D eigenvalue weighted by molar-refractivity contribution is 8.00. The molecule has 1 aromatic heterocycles. The lowest BCUT2D eigenvalue weighted by atomic mass is 9.99. The van der Waals surface area contributed by atoms with Crippen molar-refractivity contribution in [3.8, 4) is 0 Å². The summed E-state index contributed by atoms with van der Waals surface area (Å²) in [5, 5.41) is 5.55. The van der Waals surface area contributed by atoms with Gasteiger partial charge in [0, 0.05) is 10.4 Å². The molecule has 0 aliphatic rings. The summed E-state index contributed by atoms with van der Waals surface area (Å²) in [5.74, 6) is 0.194. The van der Waals surface area contributed by atoms with E-state index in [2.05, 4.69) is 15.3 Å². The lowest BCUT2D eigenvalue weighted by Gasteiger charge is -2.20. The largest absolute Gasteiger partial charge is 0.344 e. The molecule has 4 nitrogen and oxygen atoms in total. The van der Waals surface area contributed by atoms with Gasteiger partial charge in [-0.1, -0.05) is 84.0 Å². The second kappa shape index (κ2) is 9.07. The minimum absolute atomic E-state index is 0.0681. The zero-order chi connectivity index (χ0) is 20.1. The summed E-state index contributed by atoms with van der Waals surface area (Å²) < 4.78 is 0. The number of nitrogens with one attached hydrogen (secondary N) is 1. The van der Waals surface area contributed by atoms with Crippen molar-refractivity contribution in [2.75, 3.05) is 5.75 Å². The molecule has 1 heterocycles. The van der Waals surface area contributed by atoms with Gasteiger partial charge in [0.1, 0.15) is 11.4 Å². The van der Waals surface area contributed by atoms with Gasteiger partial charge in [-0.3, -0.25) is 4.79 Å². The van der Waals surface area contributed by atoms with Crippen LogP contribution in [0.25, 0.3) is 10.9 Å². The van der Waals surface area contributed by atoms with E-state index in [1.165, 1.54) is 18.1 Å². The Bertz CT molecular complexity index is 1110. The van der Waals surface area contributed by atoms with Gasteiger partial charge in [-0.2, -0.15) is 0 Å². The summed E-state index contributed by atoms with van der Waals surface area (Å²) in [7, 11) is 0. The van der Waals surface area contributed by atoms with Crippen LogP contribution in [-0.2, 0) is 4.79 Å². The van der Waals surface area contributed by atoms with Crippen LogP contribution >= 0.6 is 23.4 Å². The molecule has 0 saturated heterocycles.